The Balaban J connectivity index is 1.97. The molecule has 1 heterocycles. The Morgan fingerprint density at radius 3 is 2.95 bits per heavy atom. The van der Waals surface area contributed by atoms with E-state index >= 15 is 0 Å². The van der Waals surface area contributed by atoms with Gasteiger partial charge in [0, 0.05) is 12.3 Å². The summed E-state index contributed by atoms with van der Waals surface area (Å²) in [6.07, 6.45) is 3.78. The summed E-state index contributed by atoms with van der Waals surface area (Å²) in [5, 5.41) is 3.57. The van der Waals surface area contributed by atoms with Crippen LogP contribution >= 0.6 is 22.9 Å². The zero-order valence-electron chi connectivity index (χ0n) is 11.0. The SMILES string of the molecule is CS(=O)(=O)C1CCCC1Nc1c(Cl)ccc2scnc12. The molecule has 20 heavy (non-hydrogen) atoms. The fourth-order valence-electron chi connectivity index (χ4n) is 2.83. The summed E-state index contributed by atoms with van der Waals surface area (Å²) >= 11 is 7.80. The summed E-state index contributed by atoms with van der Waals surface area (Å²) in [6.45, 7) is 0. The van der Waals surface area contributed by atoms with E-state index in [1.165, 1.54) is 6.26 Å². The van der Waals surface area contributed by atoms with Crippen LogP contribution in [0.5, 0.6) is 0 Å². The number of nitrogens with zero attached hydrogens (tertiary/aromatic N) is 1. The fraction of sp³-hybridized carbons (Fsp3) is 0.462. The molecule has 108 valence electrons. The topological polar surface area (TPSA) is 59.1 Å². The molecule has 1 N–H and O–H groups in total. The Hall–Kier alpha value is -0.850. The number of anilines is 1. The van der Waals surface area contributed by atoms with Gasteiger partial charge in [0.1, 0.15) is 5.52 Å². The van der Waals surface area contributed by atoms with Crippen LogP contribution in [0.25, 0.3) is 10.2 Å². The summed E-state index contributed by atoms with van der Waals surface area (Å²) < 4.78 is 24.7. The molecule has 0 radical (unpaired) electrons. The first-order valence-electron chi connectivity index (χ1n) is 6.44. The molecule has 1 aromatic carbocycles. The Morgan fingerprint density at radius 2 is 2.20 bits per heavy atom. The standard InChI is InChI=1S/C13H15ClN2O2S2/c1-20(17,18)11-4-2-3-9(11)16-12-8(14)5-6-10-13(12)15-7-19-10/h5-7,9,11,16H,2-4H2,1H3. The van der Waals surface area contributed by atoms with E-state index in [1.807, 2.05) is 12.1 Å². The van der Waals surface area contributed by atoms with E-state index < -0.39 is 9.84 Å². The van der Waals surface area contributed by atoms with Crippen LogP contribution in [0, 0.1) is 0 Å². The van der Waals surface area contributed by atoms with Gasteiger partial charge in [-0.3, -0.25) is 0 Å². The molecule has 2 atom stereocenters. The van der Waals surface area contributed by atoms with Crippen molar-refractivity contribution < 1.29 is 8.42 Å². The number of rotatable bonds is 3. The van der Waals surface area contributed by atoms with Gasteiger partial charge in [-0.15, -0.1) is 11.3 Å². The average Bonchev–Trinajstić information content (AvgIpc) is 3.00. The number of hydrogen-bond acceptors (Lipinski definition) is 5. The molecule has 3 rings (SSSR count). The fourth-order valence-corrected chi connectivity index (χ4v) is 5.12. The number of aromatic nitrogens is 1. The van der Waals surface area contributed by atoms with Gasteiger partial charge in [-0.2, -0.15) is 0 Å². The second-order valence-corrected chi connectivity index (χ2v) is 8.73. The highest BCUT2D eigenvalue weighted by Crippen LogP contribution is 2.35. The summed E-state index contributed by atoms with van der Waals surface area (Å²) in [7, 11) is -3.05. The van der Waals surface area contributed by atoms with Gasteiger partial charge in [-0.25, -0.2) is 13.4 Å². The van der Waals surface area contributed by atoms with E-state index in [-0.39, 0.29) is 11.3 Å². The van der Waals surface area contributed by atoms with E-state index in [1.54, 1.807) is 16.8 Å². The Bertz CT molecular complexity index is 742. The molecule has 2 unspecified atom stereocenters. The summed E-state index contributed by atoms with van der Waals surface area (Å²) in [4.78, 5) is 4.33. The third-order valence-corrected chi connectivity index (χ3v) is 6.56. The lowest BCUT2D eigenvalue weighted by Crippen LogP contribution is -2.34. The number of halogens is 1. The van der Waals surface area contributed by atoms with Crippen molar-refractivity contribution in [2.75, 3.05) is 11.6 Å². The molecule has 4 nitrogen and oxygen atoms in total. The van der Waals surface area contributed by atoms with Gasteiger partial charge in [-0.05, 0) is 31.4 Å². The lowest BCUT2D eigenvalue weighted by Gasteiger charge is -2.21. The van der Waals surface area contributed by atoms with Gasteiger partial charge in [0.15, 0.2) is 9.84 Å². The van der Waals surface area contributed by atoms with Crippen LogP contribution < -0.4 is 5.32 Å². The predicted molar refractivity (Wildman–Crippen MR) is 84.5 cm³/mol. The molecule has 1 aliphatic carbocycles. The largest absolute Gasteiger partial charge is 0.378 e. The van der Waals surface area contributed by atoms with Gasteiger partial charge >= 0.3 is 0 Å². The van der Waals surface area contributed by atoms with Crippen molar-refractivity contribution in [1.29, 1.82) is 0 Å². The van der Waals surface area contributed by atoms with E-state index in [9.17, 15) is 8.42 Å². The molecule has 0 amide bonds. The first-order valence-corrected chi connectivity index (χ1v) is 9.65. The molecule has 7 heteroatoms. The Kier molecular flexibility index (Phi) is 3.64. The van der Waals surface area contributed by atoms with Crippen molar-refractivity contribution in [2.45, 2.75) is 30.6 Å². The molecule has 0 spiro atoms. The second kappa shape index (κ2) is 5.16. The van der Waals surface area contributed by atoms with E-state index in [2.05, 4.69) is 10.3 Å². The van der Waals surface area contributed by atoms with Crippen molar-refractivity contribution in [2.24, 2.45) is 0 Å². The van der Waals surface area contributed by atoms with Crippen LogP contribution in [0.15, 0.2) is 17.6 Å². The van der Waals surface area contributed by atoms with Gasteiger partial charge in [0.25, 0.3) is 0 Å². The van der Waals surface area contributed by atoms with Gasteiger partial charge in [0.2, 0.25) is 0 Å². The second-order valence-electron chi connectivity index (χ2n) is 5.17. The van der Waals surface area contributed by atoms with Crippen molar-refractivity contribution in [1.82, 2.24) is 4.98 Å². The van der Waals surface area contributed by atoms with E-state index in [4.69, 9.17) is 11.6 Å². The first kappa shape index (κ1) is 14.1. The number of sulfone groups is 1. The zero-order chi connectivity index (χ0) is 14.3. The first-order chi connectivity index (χ1) is 9.47. The van der Waals surface area contributed by atoms with E-state index in [0.717, 1.165) is 28.7 Å². The van der Waals surface area contributed by atoms with Crippen LogP contribution in [0.1, 0.15) is 19.3 Å². The molecule has 1 saturated carbocycles. The number of thiazole rings is 1. The molecular formula is C13H15ClN2O2S2. The zero-order valence-corrected chi connectivity index (χ0v) is 13.4. The molecule has 0 saturated heterocycles. The minimum Gasteiger partial charge on any atom is -0.378 e. The van der Waals surface area contributed by atoms with Crippen molar-refractivity contribution in [3.8, 4) is 0 Å². The maximum atomic E-state index is 11.8. The van der Waals surface area contributed by atoms with Crippen LogP contribution in [0.3, 0.4) is 0 Å². The monoisotopic (exact) mass is 330 g/mol. The van der Waals surface area contributed by atoms with Crippen molar-refractivity contribution in [3.05, 3.63) is 22.7 Å². The molecule has 0 aliphatic heterocycles. The smallest absolute Gasteiger partial charge is 0.152 e. The summed E-state index contributed by atoms with van der Waals surface area (Å²) in [5.74, 6) is 0. The predicted octanol–water partition coefficient (Wildman–Crippen LogP) is 3.33. The van der Waals surface area contributed by atoms with Crippen LogP contribution in [0.2, 0.25) is 5.02 Å². The molecular weight excluding hydrogens is 316 g/mol. The number of fused-ring (bicyclic) bond motifs is 1. The normalized spacial score (nSPS) is 23.3. The highest BCUT2D eigenvalue weighted by Gasteiger charge is 2.35. The molecule has 1 aliphatic rings. The van der Waals surface area contributed by atoms with Crippen molar-refractivity contribution >= 4 is 48.7 Å². The number of hydrogen-bond donors (Lipinski definition) is 1. The minimum absolute atomic E-state index is 0.0881. The van der Waals surface area contributed by atoms with Crippen molar-refractivity contribution in [3.63, 3.8) is 0 Å². The lowest BCUT2D eigenvalue weighted by atomic mass is 10.2. The van der Waals surface area contributed by atoms with Crippen LogP contribution in [-0.2, 0) is 9.84 Å². The third-order valence-electron chi connectivity index (χ3n) is 3.78. The average molecular weight is 331 g/mol. The highest BCUT2D eigenvalue weighted by molar-refractivity contribution is 7.91. The van der Waals surface area contributed by atoms with Gasteiger partial charge in [0.05, 0.1) is 26.2 Å². The summed E-state index contributed by atoms with van der Waals surface area (Å²) in [6, 6.07) is 3.67. The van der Waals surface area contributed by atoms with Gasteiger partial charge < -0.3 is 5.32 Å². The lowest BCUT2D eigenvalue weighted by molar-refractivity contribution is 0.579. The molecule has 2 aromatic rings. The number of nitrogens with one attached hydrogen (secondary N) is 1. The Labute approximate surface area is 127 Å². The maximum Gasteiger partial charge on any atom is 0.152 e. The number of benzene rings is 1. The molecule has 1 aromatic heterocycles. The highest BCUT2D eigenvalue weighted by atomic mass is 35.5. The van der Waals surface area contributed by atoms with Gasteiger partial charge in [-0.1, -0.05) is 11.6 Å². The quantitative estimate of drug-likeness (QED) is 0.937. The van der Waals surface area contributed by atoms with E-state index in [0.29, 0.717) is 11.4 Å². The summed E-state index contributed by atoms with van der Waals surface area (Å²) in [5.41, 5.74) is 3.35. The molecule has 0 bridgehead atoms. The third kappa shape index (κ3) is 2.52. The molecule has 1 fully saturated rings. The minimum atomic E-state index is -3.05. The van der Waals surface area contributed by atoms with Crippen LogP contribution in [-0.4, -0.2) is 30.9 Å². The maximum absolute atomic E-state index is 11.8. The van der Waals surface area contributed by atoms with Crippen LogP contribution in [0.4, 0.5) is 5.69 Å². The Morgan fingerprint density at radius 1 is 1.40 bits per heavy atom.